The number of nitrogens with one attached hydrogen (secondary N) is 2. The van der Waals surface area contributed by atoms with Crippen LogP contribution in [0, 0.1) is 5.41 Å². The Morgan fingerprint density at radius 2 is 1.77 bits per heavy atom. The molecule has 4 rings (SSSR count). The van der Waals surface area contributed by atoms with E-state index >= 15 is 0 Å². The Morgan fingerprint density at radius 3 is 2.50 bits per heavy atom. The second-order valence-corrected chi connectivity index (χ2v) is 7.55. The monoisotopic (exact) mass is 399 g/mol. The highest BCUT2D eigenvalue weighted by Crippen LogP contribution is 2.36. The van der Waals surface area contributed by atoms with E-state index in [0.29, 0.717) is 25.1 Å². The fraction of sp³-hybridized carbons (Fsp3) is 0.200. The van der Waals surface area contributed by atoms with Gasteiger partial charge in [0.1, 0.15) is 11.6 Å². The molecule has 0 saturated heterocycles. The maximum Gasteiger partial charge on any atom is 0.224 e. The smallest absolute Gasteiger partial charge is 0.224 e. The molecule has 3 aromatic carbocycles. The normalized spacial score (nSPS) is 14.6. The Bertz CT molecular complexity index is 1050. The van der Waals surface area contributed by atoms with Crippen molar-refractivity contribution in [1.82, 2.24) is 5.32 Å². The first kappa shape index (κ1) is 19.7. The molecule has 0 bridgehead atoms. The first-order chi connectivity index (χ1) is 14.6. The number of carbonyl (C=O) groups excluding carboxylic acids is 1. The molecule has 1 aliphatic heterocycles. The van der Waals surface area contributed by atoms with Gasteiger partial charge in [0.2, 0.25) is 5.91 Å². The number of amides is 1. The molecular weight excluding hydrogens is 374 g/mol. The topological polar surface area (TPSA) is 88.2 Å². The van der Waals surface area contributed by atoms with Crippen LogP contribution in [0.25, 0.3) is 11.1 Å². The Morgan fingerprint density at radius 1 is 1.03 bits per heavy atom. The van der Waals surface area contributed by atoms with Crippen molar-refractivity contribution in [2.45, 2.75) is 18.8 Å². The van der Waals surface area contributed by atoms with Gasteiger partial charge in [-0.15, -0.1) is 0 Å². The van der Waals surface area contributed by atoms with Crippen LogP contribution in [0.1, 0.15) is 29.0 Å². The predicted molar refractivity (Wildman–Crippen MR) is 119 cm³/mol. The maximum atomic E-state index is 12.3. The van der Waals surface area contributed by atoms with E-state index in [1.54, 1.807) is 6.07 Å². The van der Waals surface area contributed by atoms with Gasteiger partial charge < -0.3 is 15.8 Å². The van der Waals surface area contributed by atoms with Crippen molar-refractivity contribution in [3.8, 4) is 16.9 Å². The molecule has 5 nitrogen and oxygen atoms in total. The third-order valence-corrected chi connectivity index (χ3v) is 5.44. The summed E-state index contributed by atoms with van der Waals surface area (Å²) in [6, 6.07) is 23.9. The number of nitrogen functional groups attached to an aromatic ring is 1. The van der Waals surface area contributed by atoms with E-state index in [1.807, 2.05) is 42.5 Å². The third-order valence-electron chi connectivity index (χ3n) is 5.44. The molecule has 0 radical (unpaired) electrons. The molecule has 0 fully saturated rings. The van der Waals surface area contributed by atoms with Crippen LogP contribution in [0.5, 0.6) is 5.75 Å². The Hall–Kier alpha value is -3.60. The number of benzene rings is 3. The average Bonchev–Trinajstić information content (AvgIpc) is 3.17. The van der Waals surface area contributed by atoms with Crippen LogP contribution in [0.2, 0.25) is 0 Å². The minimum absolute atomic E-state index is 0.0130. The molecule has 1 atom stereocenters. The zero-order valence-electron chi connectivity index (χ0n) is 16.7. The number of amidine groups is 1. The molecule has 152 valence electrons. The summed E-state index contributed by atoms with van der Waals surface area (Å²) in [4.78, 5) is 12.3. The van der Waals surface area contributed by atoms with Gasteiger partial charge in [0.25, 0.3) is 0 Å². The second-order valence-electron chi connectivity index (χ2n) is 7.55. The van der Waals surface area contributed by atoms with Crippen LogP contribution in [-0.4, -0.2) is 24.9 Å². The SMILES string of the molecule is N=C(N)c1ccc2c(c1)C(CCNC(=O)Cc1ccc(-c3ccccc3)cc1)CO2. The van der Waals surface area contributed by atoms with Crippen LogP contribution in [-0.2, 0) is 11.2 Å². The molecule has 5 heteroatoms. The van der Waals surface area contributed by atoms with Crippen LogP contribution in [0.3, 0.4) is 0 Å². The van der Waals surface area contributed by atoms with Gasteiger partial charge in [-0.2, -0.15) is 0 Å². The first-order valence-electron chi connectivity index (χ1n) is 10.1. The zero-order valence-corrected chi connectivity index (χ0v) is 16.7. The van der Waals surface area contributed by atoms with Gasteiger partial charge in [-0.3, -0.25) is 10.2 Å². The number of hydrogen-bond donors (Lipinski definition) is 3. The highest BCUT2D eigenvalue weighted by atomic mass is 16.5. The lowest BCUT2D eigenvalue weighted by Gasteiger charge is -2.11. The van der Waals surface area contributed by atoms with E-state index in [1.165, 1.54) is 5.56 Å². The molecule has 1 aliphatic rings. The lowest BCUT2D eigenvalue weighted by atomic mass is 9.96. The molecule has 1 unspecified atom stereocenters. The molecule has 1 heterocycles. The average molecular weight is 399 g/mol. The van der Waals surface area contributed by atoms with Gasteiger partial charge in [-0.1, -0.05) is 54.6 Å². The summed E-state index contributed by atoms with van der Waals surface area (Å²) in [6.45, 7) is 1.17. The fourth-order valence-electron chi connectivity index (χ4n) is 3.76. The first-order valence-corrected chi connectivity index (χ1v) is 10.1. The predicted octanol–water partition coefficient (Wildman–Crippen LogP) is 3.86. The summed E-state index contributed by atoms with van der Waals surface area (Å²) in [5.41, 5.74) is 10.7. The molecule has 4 N–H and O–H groups in total. The second kappa shape index (κ2) is 8.82. The molecule has 0 spiro atoms. The standard InChI is InChI=1S/C25H25N3O2/c26-25(27)20-10-11-23-22(15-20)21(16-30-23)12-13-28-24(29)14-17-6-8-19(9-7-17)18-4-2-1-3-5-18/h1-11,15,21H,12-14,16H2,(H3,26,27)(H,28,29). The van der Waals surface area contributed by atoms with Crippen LogP contribution in [0.4, 0.5) is 0 Å². The Kier molecular flexibility index (Phi) is 5.80. The van der Waals surface area contributed by atoms with Crippen molar-refractivity contribution >= 4 is 11.7 Å². The van der Waals surface area contributed by atoms with Gasteiger partial charge in [0, 0.05) is 23.6 Å². The van der Waals surface area contributed by atoms with Gasteiger partial charge in [0.05, 0.1) is 13.0 Å². The summed E-state index contributed by atoms with van der Waals surface area (Å²) >= 11 is 0. The lowest BCUT2D eigenvalue weighted by Crippen LogP contribution is -2.27. The summed E-state index contributed by atoms with van der Waals surface area (Å²) in [6.07, 6.45) is 1.15. The summed E-state index contributed by atoms with van der Waals surface area (Å²) in [7, 11) is 0. The van der Waals surface area contributed by atoms with Crippen molar-refractivity contribution in [3.63, 3.8) is 0 Å². The number of carbonyl (C=O) groups is 1. The zero-order chi connectivity index (χ0) is 20.9. The van der Waals surface area contributed by atoms with E-state index < -0.39 is 0 Å². The minimum Gasteiger partial charge on any atom is -0.493 e. The molecule has 30 heavy (non-hydrogen) atoms. The number of rotatable bonds is 7. The van der Waals surface area contributed by atoms with Crippen LogP contribution < -0.4 is 15.8 Å². The van der Waals surface area contributed by atoms with Crippen LogP contribution in [0.15, 0.2) is 72.8 Å². The molecule has 1 amide bonds. The molecular formula is C25H25N3O2. The summed E-state index contributed by atoms with van der Waals surface area (Å²) in [5, 5.41) is 10.6. The van der Waals surface area contributed by atoms with E-state index in [-0.39, 0.29) is 17.7 Å². The minimum atomic E-state index is 0.0130. The summed E-state index contributed by atoms with van der Waals surface area (Å²) in [5.74, 6) is 1.11. The molecule has 0 saturated carbocycles. The Balaban J connectivity index is 1.28. The van der Waals surface area contributed by atoms with E-state index in [9.17, 15) is 4.79 Å². The highest BCUT2D eigenvalue weighted by Gasteiger charge is 2.24. The fourth-order valence-corrected chi connectivity index (χ4v) is 3.76. The van der Waals surface area contributed by atoms with E-state index in [4.69, 9.17) is 15.9 Å². The van der Waals surface area contributed by atoms with E-state index in [2.05, 4.69) is 29.6 Å². The maximum absolute atomic E-state index is 12.3. The number of fused-ring (bicyclic) bond motifs is 1. The number of ether oxygens (including phenoxy) is 1. The summed E-state index contributed by atoms with van der Waals surface area (Å²) < 4.78 is 5.72. The van der Waals surface area contributed by atoms with Crippen molar-refractivity contribution < 1.29 is 9.53 Å². The lowest BCUT2D eigenvalue weighted by molar-refractivity contribution is -0.120. The van der Waals surface area contributed by atoms with Gasteiger partial charge in [-0.05, 0) is 41.3 Å². The van der Waals surface area contributed by atoms with Gasteiger partial charge in [0.15, 0.2) is 0 Å². The largest absolute Gasteiger partial charge is 0.493 e. The molecule has 0 aliphatic carbocycles. The molecule has 0 aromatic heterocycles. The van der Waals surface area contributed by atoms with Crippen molar-refractivity contribution in [3.05, 3.63) is 89.5 Å². The quantitative estimate of drug-likeness (QED) is 0.416. The molecule has 3 aromatic rings. The highest BCUT2D eigenvalue weighted by molar-refractivity contribution is 5.95. The van der Waals surface area contributed by atoms with Crippen molar-refractivity contribution in [2.24, 2.45) is 5.73 Å². The number of hydrogen-bond acceptors (Lipinski definition) is 3. The van der Waals surface area contributed by atoms with Crippen LogP contribution >= 0.6 is 0 Å². The van der Waals surface area contributed by atoms with E-state index in [0.717, 1.165) is 28.9 Å². The van der Waals surface area contributed by atoms with Crippen molar-refractivity contribution in [1.29, 1.82) is 5.41 Å². The van der Waals surface area contributed by atoms with Gasteiger partial charge >= 0.3 is 0 Å². The van der Waals surface area contributed by atoms with Gasteiger partial charge in [-0.25, -0.2) is 0 Å². The third kappa shape index (κ3) is 4.51. The number of nitrogens with two attached hydrogens (primary N) is 1. The van der Waals surface area contributed by atoms with Crippen molar-refractivity contribution in [2.75, 3.05) is 13.2 Å². The Labute approximate surface area is 176 Å².